The summed E-state index contributed by atoms with van der Waals surface area (Å²) in [6.45, 7) is 10.2. The molecule has 1 aliphatic heterocycles. The Kier molecular flexibility index (Phi) is 9.26. The second-order valence-corrected chi connectivity index (χ2v) is 8.42. The molecule has 0 amide bonds. The average molecular weight is 463 g/mol. The zero-order valence-corrected chi connectivity index (χ0v) is 18.1. The number of likely N-dealkylation sites (tertiary alicyclic amines) is 1. The van der Waals surface area contributed by atoms with Crippen molar-refractivity contribution in [3.63, 3.8) is 0 Å². The maximum absolute atomic E-state index is 12.2. The highest BCUT2D eigenvalue weighted by molar-refractivity contribution is 14.0. The number of nitrogens with zero attached hydrogens (tertiary/aromatic N) is 2. The van der Waals surface area contributed by atoms with Gasteiger partial charge in [-0.25, -0.2) is 0 Å². The smallest absolute Gasteiger partial charge is 0.193 e. The second kappa shape index (κ2) is 10.4. The number of nitrogens with one attached hydrogen (secondary N) is 1. The highest BCUT2D eigenvalue weighted by Gasteiger charge is 2.30. The molecule has 136 valence electrons. The monoisotopic (exact) mass is 463 g/mol. The molecule has 24 heavy (non-hydrogen) atoms. The van der Waals surface area contributed by atoms with Crippen LogP contribution in [-0.4, -0.2) is 47.0 Å². The molecular formula is C18H30IN3OS. The summed E-state index contributed by atoms with van der Waals surface area (Å²) in [5, 5.41) is 3.36. The van der Waals surface area contributed by atoms with E-state index in [-0.39, 0.29) is 24.0 Å². The van der Waals surface area contributed by atoms with E-state index in [0.717, 1.165) is 31.2 Å². The summed E-state index contributed by atoms with van der Waals surface area (Å²) in [6, 6.07) is 10.0. The fraction of sp³-hybridized carbons (Fsp3) is 0.611. The first kappa shape index (κ1) is 21.4. The van der Waals surface area contributed by atoms with Gasteiger partial charge >= 0.3 is 0 Å². The van der Waals surface area contributed by atoms with Crippen molar-refractivity contribution >= 4 is 40.7 Å². The molecule has 1 aliphatic rings. The van der Waals surface area contributed by atoms with Crippen LogP contribution in [-0.2, 0) is 16.6 Å². The van der Waals surface area contributed by atoms with Crippen molar-refractivity contribution in [2.75, 3.05) is 31.9 Å². The normalized spacial score (nSPS) is 18.1. The summed E-state index contributed by atoms with van der Waals surface area (Å²) in [5.41, 5.74) is 1.48. The van der Waals surface area contributed by atoms with Gasteiger partial charge in [-0.1, -0.05) is 44.2 Å². The minimum atomic E-state index is -0.862. The average Bonchev–Trinajstić information content (AvgIpc) is 2.87. The first-order valence-corrected chi connectivity index (χ1v) is 9.91. The van der Waals surface area contributed by atoms with Crippen LogP contribution < -0.4 is 5.32 Å². The van der Waals surface area contributed by atoms with Gasteiger partial charge in [-0.15, -0.1) is 24.0 Å². The first-order valence-electron chi connectivity index (χ1n) is 8.42. The van der Waals surface area contributed by atoms with Crippen molar-refractivity contribution in [3.8, 4) is 0 Å². The Bertz CT molecular complexity index is 548. The first-order chi connectivity index (χ1) is 11.0. The van der Waals surface area contributed by atoms with Crippen molar-refractivity contribution in [3.05, 3.63) is 35.9 Å². The summed E-state index contributed by atoms with van der Waals surface area (Å²) in [4.78, 5) is 7.00. The number of hydrogen-bond donors (Lipinski definition) is 1. The molecule has 1 fully saturated rings. The number of rotatable bonds is 6. The molecule has 0 aliphatic carbocycles. The summed E-state index contributed by atoms with van der Waals surface area (Å²) < 4.78 is 12.2. The fourth-order valence-electron chi connectivity index (χ4n) is 2.80. The summed E-state index contributed by atoms with van der Waals surface area (Å²) in [6.07, 6.45) is 1.19. The van der Waals surface area contributed by atoms with Crippen molar-refractivity contribution in [2.45, 2.75) is 32.9 Å². The molecule has 0 bridgehead atoms. The minimum absolute atomic E-state index is 0. The predicted molar refractivity (Wildman–Crippen MR) is 115 cm³/mol. The summed E-state index contributed by atoms with van der Waals surface area (Å²) in [5.74, 6) is 2.19. The Balaban J connectivity index is 0.00000288. The van der Waals surface area contributed by atoms with E-state index < -0.39 is 10.8 Å². The lowest BCUT2D eigenvalue weighted by Crippen LogP contribution is -2.41. The Morgan fingerprint density at radius 3 is 2.62 bits per heavy atom. The van der Waals surface area contributed by atoms with Gasteiger partial charge in [0, 0.05) is 41.9 Å². The lowest BCUT2D eigenvalue weighted by atomic mass is 9.93. The van der Waals surface area contributed by atoms with E-state index >= 15 is 0 Å². The lowest BCUT2D eigenvalue weighted by molar-refractivity contribution is 0.370. The van der Waals surface area contributed by atoms with Crippen LogP contribution in [0.25, 0.3) is 0 Å². The molecule has 0 spiro atoms. The molecule has 0 aromatic heterocycles. The van der Waals surface area contributed by atoms with E-state index in [1.807, 2.05) is 30.3 Å². The molecule has 0 saturated carbocycles. The highest BCUT2D eigenvalue weighted by atomic mass is 127. The largest absolute Gasteiger partial charge is 0.357 e. The zero-order chi connectivity index (χ0) is 16.7. The number of hydrogen-bond acceptors (Lipinski definition) is 2. The van der Waals surface area contributed by atoms with E-state index in [0.29, 0.717) is 23.5 Å². The van der Waals surface area contributed by atoms with Gasteiger partial charge in [0.2, 0.25) is 0 Å². The predicted octanol–water partition coefficient (Wildman–Crippen LogP) is 3.25. The lowest BCUT2D eigenvalue weighted by Gasteiger charge is -2.23. The van der Waals surface area contributed by atoms with Crippen LogP contribution in [0, 0.1) is 5.41 Å². The molecule has 2 rings (SSSR count). The van der Waals surface area contributed by atoms with Gasteiger partial charge in [-0.2, -0.15) is 0 Å². The van der Waals surface area contributed by atoms with E-state index in [2.05, 4.69) is 36.0 Å². The van der Waals surface area contributed by atoms with Crippen molar-refractivity contribution < 1.29 is 4.21 Å². The van der Waals surface area contributed by atoms with Crippen molar-refractivity contribution in [2.24, 2.45) is 10.4 Å². The van der Waals surface area contributed by atoms with Gasteiger partial charge in [-0.05, 0) is 24.3 Å². The molecule has 0 radical (unpaired) electrons. The standard InChI is InChI=1S/C18H29N3OS.HI/c1-4-19-17(21-12-10-18(2,3)15-21)20-11-13-23(22)14-16-8-6-5-7-9-16;/h5-9H,4,10-15H2,1-3H3,(H,19,20);1H. The Hall–Kier alpha value is -0.630. The van der Waals surface area contributed by atoms with E-state index in [1.54, 1.807) is 0 Å². The molecule has 1 N–H and O–H groups in total. The van der Waals surface area contributed by atoms with Gasteiger partial charge in [0.05, 0.1) is 6.54 Å². The zero-order valence-electron chi connectivity index (χ0n) is 15.0. The van der Waals surface area contributed by atoms with Gasteiger partial charge in [0.1, 0.15) is 0 Å². The minimum Gasteiger partial charge on any atom is -0.357 e. The number of halogens is 1. The third-order valence-electron chi connectivity index (χ3n) is 4.06. The van der Waals surface area contributed by atoms with Crippen molar-refractivity contribution in [1.29, 1.82) is 0 Å². The SMILES string of the molecule is CCNC(=NCCS(=O)Cc1ccccc1)N1CCC(C)(C)C1.I. The van der Waals surface area contributed by atoms with Gasteiger partial charge in [0.25, 0.3) is 0 Å². The molecule has 1 heterocycles. The van der Waals surface area contributed by atoms with Crippen LogP contribution in [0.5, 0.6) is 0 Å². The molecule has 1 unspecified atom stereocenters. The van der Waals surface area contributed by atoms with Crippen molar-refractivity contribution in [1.82, 2.24) is 10.2 Å². The van der Waals surface area contributed by atoms with Gasteiger partial charge in [0.15, 0.2) is 5.96 Å². The Morgan fingerprint density at radius 2 is 2.04 bits per heavy atom. The van der Waals surface area contributed by atoms with E-state index in [1.165, 1.54) is 6.42 Å². The molecule has 1 aromatic carbocycles. The van der Waals surface area contributed by atoms with Crippen LogP contribution in [0.2, 0.25) is 0 Å². The van der Waals surface area contributed by atoms with E-state index in [4.69, 9.17) is 0 Å². The van der Waals surface area contributed by atoms with Crippen LogP contribution in [0.3, 0.4) is 0 Å². The van der Waals surface area contributed by atoms with Crippen LogP contribution in [0.15, 0.2) is 35.3 Å². The van der Waals surface area contributed by atoms with Gasteiger partial charge < -0.3 is 10.2 Å². The maximum atomic E-state index is 12.2. The van der Waals surface area contributed by atoms with Gasteiger partial charge in [-0.3, -0.25) is 9.20 Å². The van der Waals surface area contributed by atoms with E-state index in [9.17, 15) is 4.21 Å². The topological polar surface area (TPSA) is 44.7 Å². The third-order valence-corrected chi connectivity index (χ3v) is 5.36. The quantitative estimate of drug-likeness (QED) is 0.400. The van der Waals surface area contributed by atoms with Crippen LogP contribution >= 0.6 is 24.0 Å². The van der Waals surface area contributed by atoms with Crippen LogP contribution in [0.1, 0.15) is 32.8 Å². The number of benzene rings is 1. The number of aliphatic imine (C=N–C) groups is 1. The maximum Gasteiger partial charge on any atom is 0.193 e. The highest BCUT2D eigenvalue weighted by Crippen LogP contribution is 2.28. The molecule has 6 heteroatoms. The molecule has 1 atom stereocenters. The molecule has 4 nitrogen and oxygen atoms in total. The Morgan fingerprint density at radius 1 is 1.33 bits per heavy atom. The number of guanidine groups is 1. The Labute approximate surface area is 166 Å². The molecule has 1 saturated heterocycles. The molecule has 1 aromatic rings. The summed E-state index contributed by atoms with van der Waals surface area (Å²) >= 11 is 0. The molecular weight excluding hydrogens is 433 g/mol. The second-order valence-electron chi connectivity index (χ2n) is 6.85. The van der Waals surface area contributed by atoms with Crippen LogP contribution in [0.4, 0.5) is 0 Å². The third kappa shape index (κ3) is 7.09. The fourth-order valence-corrected chi connectivity index (χ4v) is 3.81. The summed E-state index contributed by atoms with van der Waals surface area (Å²) in [7, 11) is -0.862.